The molecule has 0 atom stereocenters. The molecule has 2 aromatic heterocycles. The van der Waals surface area contributed by atoms with Crippen molar-refractivity contribution >= 4 is 23.3 Å². The van der Waals surface area contributed by atoms with Gasteiger partial charge in [-0.3, -0.25) is 9.59 Å². The predicted molar refractivity (Wildman–Crippen MR) is 111 cm³/mol. The summed E-state index contributed by atoms with van der Waals surface area (Å²) in [6, 6.07) is 10.4. The number of nitrogens with zero attached hydrogens (tertiary/aromatic N) is 2. The Labute approximate surface area is 168 Å². The summed E-state index contributed by atoms with van der Waals surface area (Å²) in [5, 5.41) is 11.1. The van der Waals surface area contributed by atoms with E-state index in [9.17, 15) is 9.59 Å². The Morgan fingerprint density at radius 2 is 2.00 bits per heavy atom. The number of hydrogen-bond donors (Lipinski definition) is 3. The van der Waals surface area contributed by atoms with Crippen LogP contribution in [0.5, 0.6) is 0 Å². The lowest BCUT2D eigenvalue weighted by atomic mass is 10.1. The van der Waals surface area contributed by atoms with Crippen LogP contribution in [-0.4, -0.2) is 38.6 Å². The summed E-state index contributed by atoms with van der Waals surface area (Å²) in [5.41, 5.74) is 3.30. The van der Waals surface area contributed by atoms with Gasteiger partial charge in [-0.15, -0.1) is 0 Å². The maximum atomic E-state index is 12.1. The highest BCUT2D eigenvalue weighted by Gasteiger charge is 2.09. The first kappa shape index (κ1) is 21.9. The van der Waals surface area contributed by atoms with Crippen molar-refractivity contribution in [3.05, 3.63) is 64.0 Å². The zero-order valence-electron chi connectivity index (χ0n) is 16.6. The number of carbonyl (C=O) groups is 2. The fraction of sp³-hybridized carbons (Fsp3) is 0.333. The predicted octanol–water partition coefficient (Wildman–Crippen LogP) is 2.18. The van der Waals surface area contributed by atoms with E-state index in [0.29, 0.717) is 25.1 Å². The van der Waals surface area contributed by atoms with Gasteiger partial charge in [-0.1, -0.05) is 18.2 Å². The van der Waals surface area contributed by atoms with Crippen LogP contribution < -0.4 is 11.0 Å². The van der Waals surface area contributed by atoms with E-state index in [0.717, 1.165) is 24.2 Å². The Bertz CT molecular complexity index is 997. The molecule has 0 aliphatic rings. The van der Waals surface area contributed by atoms with Gasteiger partial charge < -0.3 is 20.0 Å². The summed E-state index contributed by atoms with van der Waals surface area (Å²) in [6.07, 6.45) is 3.93. The number of hydrogen-bond acceptors (Lipinski definition) is 4. The smallest absolute Gasteiger partial charge is 0.345 e. The highest BCUT2D eigenvalue weighted by atomic mass is 16.3. The molecule has 0 bridgehead atoms. The minimum absolute atomic E-state index is 0.0207. The quantitative estimate of drug-likeness (QED) is 0.417. The van der Waals surface area contributed by atoms with Gasteiger partial charge in [0, 0.05) is 42.6 Å². The molecule has 1 amide bonds. The standard InChI is InChI=1S/C20H24N4O2.CH2O2/c1-14-17(15(2)23-20(26)22-14)8-9-19(25)21-11-5-12-24-13-10-16-6-3-4-7-18(16)24;2-1-3/h3-4,6-7,10,13H,5,8-9,11-12H2,1-2H3,(H,21,25)(H,22,23,26);1H,(H,2,3). The fourth-order valence-electron chi connectivity index (χ4n) is 3.26. The Morgan fingerprint density at radius 1 is 1.28 bits per heavy atom. The summed E-state index contributed by atoms with van der Waals surface area (Å²) in [6.45, 7) is 4.91. The SMILES string of the molecule is Cc1nc(=O)[nH]c(C)c1CCC(=O)NCCCn1ccc2ccccc21.O=CO. The van der Waals surface area contributed by atoms with E-state index in [4.69, 9.17) is 9.90 Å². The number of para-hydroxylation sites is 1. The van der Waals surface area contributed by atoms with E-state index < -0.39 is 0 Å². The highest BCUT2D eigenvalue weighted by molar-refractivity contribution is 5.79. The maximum Gasteiger partial charge on any atom is 0.345 e. The average Bonchev–Trinajstić information content (AvgIpc) is 3.08. The Morgan fingerprint density at radius 3 is 2.72 bits per heavy atom. The lowest BCUT2D eigenvalue weighted by Gasteiger charge is -2.09. The van der Waals surface area contributed by atoms with E-state index in [1.54, 1.807) is 6.92 Å². The zero-order valence-corrected chi connectivity index (χ0v) is 16.6. The molecule has 2 heterocycles. The Hall–Kier alpha value is -3.42. The molecule has 0 aliphatic heterocycles. The van der Waals surface area contributed by atoms with Crippen molar-refractivity contribution in [1.29, 1.82) is 0 Å². The summed E-state index contributed by atoms with van der Waals surface area (Å²) in [7, 11) is 0. The van der Waals surface area contributed by atoms with Crippen molar-refractivity contribution in [2.75, 3.05) is 6.54 Å². The Balaban J connectivity index is 0.000000941. The van der Waals surface area contributed by atoms with Gasteiger partial charge in [-0.25, -0.2) is 4.79 Å². The van der Waals surface area contributed by atoms with Crippen LogP contribution in [0.25, 0.3) is 10.9 Å². The van der Waals surface area contributed by atoms with Crippen LogP contribution in [0.4, 0.5) is 0 Å². The van der Waals surface area contributed by atoms with Crippen LogP contribution in [0.1, 0.15) is 29.8 Å². The molecule has 1 aromatic carbocycles. The van der Waals surface area contributed by atoms with Gasteiger partial charge in [-0.2, -0.15) is 4.98 Å². The molecule has 154 valence electrons. The van der Waals surface area contributed by atoms with Gasteiger partial charge in [0.2, 0.25) is 5.91 Å². The lowest BCUT2D eigenvalue weighted by molar-refractivity contribution is -0.123. The number of aromatic amines is 1. The van der Waals surface area contributed by atoms with E-state index in [1.807, 2.05) is 19.1 Å². The molecule has 0 saturated heterocycles. The summed E-state index contributed by atoms with van der Waals surface area (Å²) < 4.78 is 2.21. The summed E-state index contributed by atoms with van der Waals surface area (Å²) >= 11 is 0. The first-order valence-electron chi connectivity index (χ1n) is 9.41. The topological polar surface area (TPSA) is 117 Å². The second-order valence-electron chi connectivity index (χ2n) is 6.61. The van der Waals surface area contributed by atoms with E-state index in [2.05, 4.69) is 44.2 Å². The number of nitrogens with one attached hydrogen (secondary N) is 2. The second kappa shape index (κ2) is 10.8. The number of aromatic nitrogens is 3. The molecular formula is C21H26N4O4. The van der Waals surface area contributed by atoms with Crippen LogP contribution in [0, 0.1) is 13.8 Å². The maximum absolute atomic E-state index is 12.1. The molecule has 3 rings (SSSR count). The molecule has 0 saturated carbocycles. The van der Waals surface area contributed by atoms with Gasteiger partial charge in [0.1, 0.15) is 0 Å². The molecule has 8 nitrogen and oxygen atoms in total. The van der Waals surface area contributed by atoms with E-state index in [1.165, 1.54) is 10.9 Å². The second-order valence-corrected chi connectivity index (χ2v) is 6.61. The third kappa shape index (κ3) is 6.31. The van der Waals surface area contributed by atoms with Crippen molar-refractivity contribution in [1.82, 2.24) is 19.9 Å². The molecule has 0 unspecified atom stereocenters. The molecule has 0 aliphatic carbocycles. The molecule has 0 spiro atoms. The van der Waals surface area contributed by atoms with E-state index in [-0.39, 0.29) is 18.1 Å². The summed E-state index contributed by atoms with van der Waals surface area (Å²) in [4.78, 5) is 38.3. The van der Waals surface area contributed by atoms with Crippen LogP contribution in [-0.2, 0) is 22.6 Å². The molecule has 0 fully saturated rings. The third-order valence-electron chi connectivity index (χ3n) is 4.63. The Kier molecular flexibility index (Phi) is 8.14. The van der Waals surface area contributed by atoms with Crippen LogP contribution in [0.3, 0.4) is 0 Å². The van der Waals surface area contributed by atoms with Crippen molar-refractivity contribution in [2.45, 2.75) is 39.7 Å². The molecule has 29 heavy (non-hydrogen) atoms. The number of amides is 1. The number of H-pyrrole nitrogens is 1. The van der Waals surface area contributed by atoms with Gasteiger partial charge in [0.25, 0.3) is 6.47 Å². The van der Waals surface area contributed by atoms with Crippen molar-refractivity contribution in [3.8, 4) is 0 Å². The number of fused-ring (bicyclic) bond motifs is 1. The number of rotatable bonds is 7. The monoisotopic (exact) mass is 398 g/mol. The largest absolute Gasteiger partial charge is 0.483 e. The molecule has 0 radical (unpaired) electrons. The van der Waals surface area contributed by atoms with Crippen LogP contribution in [0.2, 0.25) is 0 Å². The molecule has 3 N–H and O–H groups in total. The van der Waals surface area contributed by atoms with Gasteiger partial charge in [0.15, 0.2) is 0 Å². The minimum Gasteiger partial charge on any atom is -0.483 e. The molecule has 8 heteroatoms. The molecular weight excluding hydrogens is 372 g/mol. The number of benzene rings is 1. The van der Waals surface area contributed by atoms with Gasteiger partial charge >= 0.3 is 5.69 Å². The molecule has 3 aromatic rings. The first-order chi connectivity index (χ1) is 14.0. The van der Waals surface area contributed by atoms with E-state index >= 15 is 0 Å². The van der Waals surface area contributed by atoms with Crippen LogP contribution >= 0.6 is 0 Å². The lowest BCUT2D eigenvalue weighted by Crippen LogP contribution is -2.26. The van der Waals surface area contributed by atoms with Crippen molar-refractivity contribution < 1.29 is 14.7 Å². The van der Waals surface area contributed by atoms with Crippen LogP contribution in [0.15, 0.2) is 41.3 Å². The zero-order chi connectivity index (χ0) is 21.2. The number of aryl methyl sites for hydroxylation is 3. The fourth-order valence-corrected chi connectivity index (χ4v) is 3.26. The first-order valence-corrected chi connectivity index (χ1v) is 9.41. The minimum atomic E-state index is -0.342. The van der Waals surface area contributed by atoms with Crippen molar-refractivity contribution in [2.24, 2.45) is 0 Å². The van der Waals surface area contributed by atoms with Crippen molar-refractivity contribution in [3.63, 3.8) is 0 Å². The third-order valence-corrected chi connectivity index (χ3v) is 4.63. The normalized spacial score (nSPS) is 10.3. The average molecular weight is 398 g/mol. The van der Waals surface area contributed by atoms with Gasteiger partial charge in [-0.05, 0) is 49.8 Å². The number of carbonyl (C=O) groups excluding carboxylic acids is 1. The van der Waals surface area contributed by atoms with Gasteiger partial charge in [0.05, 0.1) is 0 Å². The number of carboxylic acid groups (broad SMARTS) is 1. The highest BCUT2D eigenvalue weighted by Crippen LogP contribution is 2.15. The summed E-state index contributed by atoms with van der Waals surface area (Å²) in [5.74, 6) is 0.0207.